The van der Waals surface area contributed by atoms with Gasteiger partial charge in [-0.3, -0.25) is 19.7 Å². The first-order chi connectivity index (χ1) is 15.6. The Kier molecular flexibility index (Phi) is 6.96. The quantitative estimate of drug-likeness (QED) is 0.602. The fourth-order valence-corrected chi connectivity index (χ4v) is 4.78. The van der Waals surface area contributed by atoms with Crippen LogP contribution in [0.15, 0.2) is 73.3 Å². The van der Waals surface area contributed by atoms with E-state index in [1.54, 1.807) is 6.20 Å². The molecule has 4 rings (SSSR count). The molecule has 1 aliphatic rings. The molecular weight excluding hydrogens is 396 g/mol. The van der Waals surface area contributed by atoms with Crippen molar-refractivity contribution in [1.82, 2.24) is 20.2 Å². The smallest absolute Gasteiger partial charge is 0.228 e. The van der Waals surface area contributed by atoms with Crippen LogP contribution in [0.4, 0.5) is 0 Å². The van der Waals surface area contributed by atoms with Crippen molar-refractivity contribution in [2.45, 2.75) is 45.7 Å². The van der Waals surface area contributed by atoms with Crippen LogP contribution < -0.4 is 5.32 Å². The lowest BCUT2D eigenvalue weighted by atomic mass is 9.73. The van der Waals surface area contributed by atoms with Crippen LogP contribution in [0.2, 0.25) is 0 Å². The van der Waals surface area contributed by atoms with Gasteiger partial charge in [-0.15, -0.1) is 0 Å². The first-order valence-corrected chi connectivity index (χ1v) is 11.5. The highest BCUT2D eigenvalue weighted by atomic mass is 16.2. The maximum absolute atomic E-state index is 13.6. The van der Waals surface area contributed by atoms with E-state index in [9.17, 15) is 4.79 Å². The molecule has 5 heteroatoms. The van der Waals surface area contributed by atoms with Crippen molar-refractivity contribution in [3.05, 3.63) is 84.4 Å². The SMILES string of the molecule is CC(C)NC(=O)C1(Cc2ccccc2-c2cccnc2)CCCN(Cc2ccncc2)C1. The lowest BCUT2D eigenvalue weighted by Gasteiger charge is -2.42. The van der Waals surface area contributed by atoms with Gasteiger partial charge in [0, 0.05) is 49.5 Å². The summed E-state index contributed by atoms with van der Waals surface area (Å²) in [6.07, 6.45) is 9.97. The molecule has 1 atom stereocenters. The Morgan fingerprint density at radius 2 is 1.88 bits per heavy atom. The van der Waals surface area contributed by atoms with Crippen molar-refractivity contribution in [2.75, 3.05) is 13.1 Å². The number of carbonyl (C=O) groups excluding carboxylic acids is 1. The number of rotatable bonds is 7. The number of carbonyl (C=O) groups is 1. The Morgan fingerprint density at radius 1 is 1.06 bits per heavy atom. The van der Waals surface area contributed by atoms with E-state index in [-0.39, 0.29) is 11.9 Å². The minimum atomic E-state index is -0.464. The van der Waals surface area contributed by atoms with Gasteiger partial charge in [0.25, 0.3) is 0 Å². The third-order valence-corrected chi connectivity index (χ3v) is 6.23. The lowest BCUT2D eigenvalue weighted by molar-refractivity contribution is -0.135. The summed E-state index contributed by atoms with van der Waals surface area (Å²) in [5, 5.41) is 3.23. The Morgan fingerprint density at radius 3 is 2.62 bits per heavy atom. The molecule has 0 spiro atoms. The number of nitrogens with one attached hydrogen (secondary N) is 1. The van der Waals surface area contributed by atoms with E-state index < -0.39 is 5.41 Å². The van der Waals surface area contributed by atoms with Crippen molar-refractivity contribution in [1.29, 1.82) is 0 Å². The van der Waals surface area contributed by atoms with E-state index >= 15 is 0 Å². The predicted molar refractivity (Wildman–Crippen MR) is 128 cm³/mol. The minimum absolute atomic E-state index is 0.114. The van der Waals surface area contributed by atoms with Crippen molar-refractivity contribution < 1.29 is 4.79 Å². The van der Waals surface area contributed by atoms with Crippen LogP contribution in [-0.4, -0.2) is 39.9 Å². The van der Waals surface area contributed by atoms with Crippen molar-refractivity contribution >= 4 is 5.91 Å². The number of aromatic nitrogens is 2. The first-order valence-electron chi connectivity index (χ1n) is 11.5. The average Bonchev–Trinajstić information content (AvgIpc) is 2.80. The Labute approximate surface area is 190 Å². The standard InChI is InChI=1S/C27H32N4O/c1-21(2)30-26(32)27(12-6-16-31(20-27)19-22-10-14-28-15-11-22)17-23-7-3-4-9-25(23)24-8-5-13-29-18-24/h3-5,7-11,13-15,18,21H,6,12,16-17,19-20H2,1-2H3,(H,30,32). The third-order valence-electron chi connectivity index (χ3n) is 6.23. The molecule has 0 radical (unpaired) electrons. The number of hydrogen-bond donors (Lipinski definition) is 1. The van der Waals surface area contributed by atoms with Crippen molar-refractivity contribution in [2.24, 2.45) is 5.41 Å². The molecule has 1 N–H and O–H groups in total. The molecule has 1 aliphatic heterocycles. The summed E-state index contributed by atoms with van der Waals surface area (Å²) < 4.78 is 0. The van der Waals surface area contributed by atoms with Gasteiger partial charge in [0.05, 0.1) is 5.41 Å². The second-order valence-corrected chi connectivity index (χ2v) is 9.15. The zero-order valence-corrected chi connectivity index (χ0v) is 19.0. The molecular formula is C27H32N4O. The summed E-state index contributed by atoms with van der Waals surface area (Å²) in [6.45, 7) is 6.65. The van der Waals surface area contributed by atoms with Crippen LogP contribution in [0.3, 0.4) is 0 Å². The Balaban J connectivity index is 1.65. The first kappa shape index (κ1) is 22.2. The third kappa shape index (κ3) is 5.22. The van der Waals surface area contributed by atoms with Gasteiger partial charge in [0.2, 0.25) is 5.91 Å². The van der Waals surface area contributed by atoms with Crippen LogP contribution in [0.5, 0.6) is 0 Å². The highest BCUT2D eigenvalue weighted by molar-refractivity contribution is 5.84. The van der Waals surface area contributed by atoms with Gasteiger partial charge in [-0.1, -0.05) is 30.3 Å². The van der Waals surface area contributed by atoms with E-state index in [1.807, 2.05) is 38.5 Å². The fourth-order valence-electron chi connectivity index (χ4n) is 4.78. The number of hydrogen-bond acceptors (Lipinski definition) is 4. The molecule has 1 unspecified atom stereocenters. The largest absolute Gasteiger partial charge is 0.353 e. The van der Waals surface area contributed by atoms with Crippen LogP contribution >= 0.6 is 0 Å². The molecule has 2 aromatic heterocycles. The molecule has 1 amide bonds. The Bertz CT molecular complexity index is 1020. The topological polar surface area (TPSA) is 58.1 Å². The second-order valence-electron chi connectivity index (χ2n) is 9.15. The van der Waals surface area contributed by atoms with Crippen molar-refractivity contribution in [3.8, 4) is 11.1 Å². The molecule has 32 heavy (non-hydrogen) atoms. The molecule has 1 saturated heterocycles. The summed E-state index contributed by atoms with van der Waals surface area (Å²) in [5.74, 6) is 0.160. The molecule has 3 heterocycles. The summed E-state index contributed by atoms with van der Waals surface area (Å²) in [5.41, 5.74) is 4.21. The van der Waals surface area contributed by atoms with Crippen LogP contribution in [0, 0.1) is 5.41 Å². The van der Waals surface area contributed by atoms with E-state index in [1.165, 1.54) is 11.1 Å². The zero-order chi connectivity index (χ0) is 22.4. The van der Waals surface area contributed by atoms with Crippen molar-refractivity contribution in [3.63, 3.8) is 0 Å². The van der Waals surface area contributed by atoms with E-state index in [2.05, 4.69) is 62.6 Å². The van der Waals surface area contributed by atoms with Gasteiger partial charge in [-0.2, -0.15) is 0 Å². The predicted octanol–water partition coefficient (Wildman–Crippen LogP) is 4.49. The van der Waals surface area contributed by atoms with Gasteiger partial charge in [0.15, 0.2) is 0 Å². The number of likely N-dealkylation sites (tertiary alicyclic amines) is 1. The monoisotopic (exact) mass is 428 g/mol. The number of nitrogens with zero attached hydrogens (tertiary/aromatic N) is 3. The molecule has 166 valence electrons. The normalized spacial score (nSPS) is 19.1. The number of amides is 1. The second kappa shape index (κ2) is 10.0. The molecule has 0 aliphatic carbocycles. The van der Waals surface area contributed by atoms with Crippen LogP contribution in [0.25, 0.3) is 11.1 Å². The summed E-state index contributed by atoms with van der Waals surface area (Å²) >= 11 is 0. The van der Waals surface area contributed by atoms with Gasteiger partial charge in [-0.05, 0) is 74.5 Å². The van der Waals surface area contributed by atoms with Gasteiger partial charge < -0.3 is 5.32 Å². The highest BCUT2D eigenvalue weighted by Crippen LogP contribution is 2.37. The lowest BCUT2D eigenvalue weighted by Crippen LogP contribution is -2.54. The van der Waals surface area contributed by atoms with E-state index in [4.69, 9.17) is 0 Å². The molecule has 0 saturated carbocycles. The summed E-state index contributed by atoms with van der Waals surface area (Å²) in [7, 11) is 0. The molecule has 1 fully saturated rings. The van der Waals surface area contributed by atoms with Gasteiger partial charge in [0.1, 0.15) is 0 Å². The number of pyridine rings is 2. The van der Waals surface area contributed by atoms with E-state index in [0.717, 1.165) is 43.6 Å². The van der Waals surface area contributed by atoms with Crippen LogP contribution in [-0.2, 0) is 17.8 Å². The molecule has 5 nitrogen and oxygen atoms in total. The summed E-state index contributed by atoms with van der Waals surface area (Å²) in [4.78, 5) is 24.5. The highest BCUT2D eigenvalue weighted by Gasteiger charge is 2.42. The fraction of sp³-hybridized carbons (Fsp3) is 0.370. The number of benzene rings is 1. The zero-order valence-electron chi connectivity index (χ0n) is 19.0. The average molecular weight is 429 g/mol. The summed E-state index contributed by atoms with van der Waals surface area (Å²) in [6, 6.07) is 16.7. The number of piperidine rings is 1. The molecule has 1 aromatic carbocycles. The minimum Gasteiger partial charge on any atom is -0.353 e. The van der Waals surface area contributed by atoms with Crippen LogP contribution in [0.1, 0.15) is 37.8 Å². The van der Waals surface area contributed by atoms with Gasteiger partial charge in [-0.25, -0.2) is 0 Å². The van der Waals surface area contributed by atoms with Gasteiger partial charge >= 0.3 is 0 Å². The van der Waals surface area contributed by atoms with E-state index in [0.29, 0.717) is 6.42 Å². The molecule has 3 aromatic rings. The molecule has 0 bridgehead atoms. The maximum Gasteiger partial charge on any atom is 0.228 e. The maximum atomic E-state index is 13.6. The Hall–Kier alpha value is -3.05.